The molecule has 1 atom stereocenters. The van der Waals surface area contributed by atoms with Crippen molar-refractivity contribution < 1.29 is 18.9 Å². The third-order valence-electron chi connectivity index (χ3n) is 5.07. The van der Waals surface area contributed by atoms with Gasteiger partial charge in [0.15, 0.2) is 5.82 Å². The second kappa shape index (κ2) is 9.93. The van der Waals surface area contributed by atoms with Crippen molar-refractivity contribution in [3.8, 4) is 22.9 Å². The van der Waals surface area contributed by atoms with E-state index in [0.717, 1.165) is 41.4 Å². The van der Waals surface area contributed by atoms with Crippen LogP contribution in [-0.4, -0.2) is 42.7 Å². The highest BCUT2D eigenvalue weighted by Gasteiger charge is 2.29. The average molecular weight is 443 g/mol. The SMILES string of the molecule is COc1cccc(CSNc2nnc(C3CCCO3)n2-c2c(OC)cccc2OC)c1. The first-order valence-electron chi connectivity index (χ1n) is 10.0. The lowest BCUT2D eigenvalue weighted by molar-refractivity contribution is 0.103. The van der Waals surface area contributed by atoms with Gasteiger partial charge in [-0.2, -0.15) is 0 Å². The molecule has 1 aliphatic rings. The molecule has 31 heavy (non-hydrogen) atoms. The van der Waals surface area contributed by atoms with Gasteiger partial charge in [0.05, 0.1) is 21.3 Å². The molecule has 0 radical (unpaired) electrons. The fourth-order valence-corrected chi connectivity index (χ4v) is 4.25. The Hall–Kier alpha value is -2.91. The van der Waals surface area contributed by atoms with E-state index in [2.05, 4.69) is 21.0 Å². The summed E-state index contributed by atoms with van der Waals surface area (Å²) in [7, 11) is 4.94. The summed E-state index contributed by atoms with van der Waals surface area (Å²) in [6, 6.07) is 13.7. The summed E-state index contributed by atoms with van der Waals surface area (Å²) >= 11 is 1.52. The van der Waals surface area contributed by atoms with Gasteiger partial charge in [0.2, 0.25) is 5.95 Å². The van der Waals surface area contributed by atoms with Gasteiger partial charge in [-0.1, -0.05) is 18.2 Å². The molecule has 2 aromatic carbocycles. The van der Waals surface area contributed by atoms with Crippen molar-refractivity contribution in [2.24, 2.45) is 0 Å². The van der Waals surface area contributed by atoms with Gasteiger partial charge in [0.1, 0.15) is 29.0 Å². The number of aromatic nitrogens is 3. The van der Waals surface area contributed by atoms with Crippen molar-refractivity contribution >= 4 is 17.9 Å². The molecule has 0 saturated carbocycles. The Bertz CT molecular complexity index is 998. The lowest BCUT2D eigenvalue weighted by atomic mass is 10.2. The van der Waals surface area contributed by atoms with E-state index in [1.54, 1.807) is 21.3 Å². The number of anilines is 1. The second-order valence-corrected chi connectivity index (χ2v) is 7.75. The zero-order chi connectivity index (χ0) is 21.6. The number of nitrogens with one attached hydrogen (secondary N) is 1. The molecule has 0 amide bonds. The Morgan fingerprint density at radius 2 is 1.84 bits per heavy atom. The van der Waals surface area contributed by atoms with Crippen molar-refractivity contribution in [2.75, 3.05) is 32.7 Å². The van der Waals surface area contributed by atoms with Crippen LogP contribution in [0.25, 0.3) is 5.69 Å². The minimum Gasteiger partial charge on any atom is -0.497 e. The van der Waals surface area contributed by atoms with Gasteiger partial charge in [-0.3, -0.25) is 9.29 Å². The predicted octanol–water partition coefficient (Wildman–Crippen LogP) is 4.40. The number of ether oxygens (including phenoxy) is 4. The highest BCUT2D eigenvalue weighted by molar-refractivity contribution is 7.99. The standard InChI is InChI=1S/C22H26N4O4S/c1-27-16-8-4-7-15(13-16)14-31-25-22-24-23-21(19-11-6-12-30-19)26(22)20-17(28-2)9-5-10-18(20)29-3/h4-5,7-10,13,19H,6,11-12,14H2,1-3H3,(H,24,25). The van der Waals surface area contributed by atoms with Crippen LogP contribution in [0.4, 0.5) is 5.95 Å². The first-order chi connectivity index (χ1) is 15.2. The highest BCUT2D eigenvalue weighted by atomic mass is 32.2. The number of hydrogen-bond acceptors (Lipinski definition) is 8. The molecule has 0 spiro atoms. The molecule has 4 rings (SSSR count). The van der Waals surface area contributed by atoms with Gasteiger partial charge in [-0.05, 0) is 54.6 Å². The van der Waals surface area contributed by atoms with Gasteiger partial charge >= 0.3 is 0 Å². The Morgan fingerprint density at radius 1 is 1.06 bits per heavy atom. The molecular formula is C22H26N4O4S. The quantitative estimate of drug-likeness (QED) is 0.489. The summed E-state index contributed by atoms with van der Waals surface area (Å²) in [5.74, 6) is 4.20. The van der Waals surface area contributed by atoms with Gasteiger partial charge in [0, 0.05) is 12.4 Å². The van der Waals surface area contributed by atoms with Crippen LogP contribution in [0.2, 0.25) is 0 Å². The molecule has 1 aromatic heterocycles. The predicted molar refractivity (Wildman–Crippen MR) is 120 cm³/mol. The number of benzene rings is 2. The van der Waals surface area contributed by atoms with Crippen molar-refractivity contribution in [3.63, 3.8) is 0 Å². The van der Waals surface area contributed by atoms with Crippen LogP contribution in [0.15, 0.2) is 42.5 Å². The van der Waals surface area contributed by atoms with Gasteiger partial charge in [0.25, 0.3) is 0 Å². The van der Waals surface area contributed by atoms with Crippen molar-refractivity contribution in [3.05, 3.63) is 53.9 Å². The topological polar surface area (TPSA) is 79.7 Å². The second-order valence-electron chi connectivity index (χ2n) is 6.97. The van der Waals surface area contributed by atoms with Gasteiger partial charge in [-0.25, -0.2) is 0 Å². The normalized spacial score (nSPS) is 15.6. The fourth-order valence-electron chi connectivity index (χ4n) is 3.57. The largest absolute Gasteiger partial charge is 0.497 e. The lowest BCUT2D eigenvalue weighted by Gasteiger charge is -2.19. The molecule has 1 aliphatic heterocycles. The van der Waals surface area contributed by atoms with Crippen LogP contribution in [0, 0.1) is 0 Å². The van der Waals surface area contributed by atoms with E-state index in [9.17, 15) is 0 Å². The van der Waals surface area contributed by atoms with Crippen LogP contribution in [0.5, 0.6) is 17.2 Å². The minimum atomic E-state index is -0.124. The number of nitrogens with zero attached hydrogens (tertiary/aromatic N) is 3. The summed E-state index contributed by atoms with van der Waals surface area (Å²) in [5, 5.41) is 8.88. The molecule has 2 heterocycles. The number of hydrogen-bond donors (Lipinski definition) is 1. The summed E-state index contributed by atoms with van der Waals surface area (Å²) in [5.41, 5.74) is 1.88. The van der Waals surface area contributed by atoms with Crippen LogP contribution in [0.3, 0.4) is 0 Å². The van der Waals surface area contributed by atoms with E-state index >= 15 is 0 Å². The van der Waals surface area contributed by atoms with E-state index in [4.69, 9.17) is 18.9 Å². The minimum absolute atomic E-state index is 0.124. The van der Waals surface area contributed by atoms with E-state index < -0.39 is 0 Å². The maximum Gasteiger partial charge on any atom is 0.239 e. The third-order valence-corrected chi connectivity index (χ3v) is 5.87. The molecule has 3 aromatic rings. The maximum atomic E-state index is 5.91. The number of methoxy groups -OCH3 is 3. The first kappa shape index (κ1) is 21.3. The van der Waals surface area contributed by atoms with E-state index in [0.29, 0.717) is 24.1 Å². The van der Waals surface area contributed by atoms with E-state index in [1.165, 1.54) is 11.9 Å². The number of para-hydroxylation sites is 1. The van der Waals surface area contributed by atoms with Crippen molar-refractivity contribution in [1.29, 1.82) is 0 Å². The Kier molecular flexibility index (Phi) is 6.83. The zero-order valence-electron chi connectivity index (χ0n) is 17.8. The Labute approximate surface area is 186 Å². The molecule has 1 N–H and O–H groups in total. The summed E-state index contributed by atoms with van der Waals surface area (Å²) < 4.78 is 27.8. The third kappa shape index (κ3) is 4.57. The van der Waals surface area contributed by atoms with Crippen LogP contribution in [0.1, 0.15) is 30.3 Å². The van der Waals surface area contributed by atoms with Crippen LogP contribution >= 0.6 is 11.9 Å². The molecule has 1 saturated heterocycles. The maximum absolute atomic E-state index is 5.91. The molecule has 9 heteroatoms. The molecule has 1 fully saturated rings. The first-order valence-corrected chi connectivity index (χ1v) is 11.0. The van der Waals surface area contributed by atoms with Crippen LogP contribution in [-0.2, 0) is 10.5 Å². The lowest BCUT2D eigenvalue weighted by Crippen LogP contribution is -2.11. The Morgan fingerprint density at radius 3 is 2.52 bits per heavy atom. The van der Waals surface area contributed by atoms with Crippen molar-refractivity contribution in [1.82, 2.24) is 14.8 Å². The van der Waals surface area contributed by atoms with E-state index in [1.807, 2.05) is 41.0 Å². The Balaban J connectivity index is 1.66. The number of rotatable bonds is 9. The molecule has 8 nitrogen and oxygen atoms in total. The summed E-state index contributed by atoms with van der Waals surface area (Å²) in [4.78, 5) is 0. The molecule has 0 aliphatic carbocycles. The van der Waals surface area contributed by atoms with Gasteiger partial charge in [-0.15, -0.1) is 10.2 Å². The monoisotopic (exact) mass is 442 g/mol. The van der Waals surface area contributed by atoms with Gasteiger partial charge < -0.3 is 18.9 Å². The molecule has 0 bridgehead atoms. The summed E-state index contributed by atoms with van der Waals surface area (Å²) in [6.45, 7) is 0.716. The van der Waals surface area contributed by atoms with Crippen LogP contribution < -0.4 is 18.9 Å². The smallest absolute Gasteiger partial charge is 0.239 e. The fraction of sp³-hybridized carbons (Fsp3) is 0.364. The molecule has 164 valence electrons. The molecule has 1 unspecified atom stereocenters. The van der Waals surface area contributed by atoms with E-state index in [-0.39, 0.29) is 6.10 Å². The molecular weight excluding hydrogens is 416 g/mol. The average Bonchev–Trinajstić information content (AvgIpc) is 3.48. The zero-order valence-corrected chi connectivity index (χ0v) is 18.6. The van der Waals surface area contributed by atoms with Crippen molar-refractivity contribution in [2.45, 2.75) is 24.7 Å². The highest BCUT2D eigenvalue weighted by Crippen LogP contribution is 2.39. The summed E-state index contributed by atoms with van der Waals surface area (Å²) in [6.07, 6.45) is 1.77.